The third kappa shape index (κ3) is 7.48. The van der Waals surface area contributed by atoms with Crippen molar-refractivity contribution in [3.63, 3.8) is 0 Å². The fourth-order valence-corrected chi connectivity index (χ4v) is 4.93. The van der Waals surface area contributed by atoms with Crippen molar-refractivity contribution in [2.24, 2.45) is 0 Å². The van der Waals surface area contributed by atoms with Gasteiger partial charge < -0.3 is 28.4 Å². The van der Waals surface area contributed by atoms with E-state index in [2.05, 4.69) is 14.8 Å². The monoisotopic (exact) mass is 610 g/mol. The van der Waals surface area contributed by atoms with Crippen LogP contribution in [-0.4, -0.2) is 91.4 Å². The Labute approximate surface area is 255 Å². The van der Waals surface area contributed by atoms with E-state index in [4.69, 9.17) is 23.7 Å². The summed E-state index contributed by atoms with van der Waals surface area (Å²) in [4.78, 5) is 44.0. The first-order valence-corrected chi connectivity index (χ1v) is 14.2. The lowest BCUT2D eigenvalue weighted by Crippen LogP contribution is -2.60. The molecule has 5 atom stereocenters. The Morgan fingerprint density at radius 1 is 0.932 bits per heavy atom. The first-order chi connectivity index (χ1) is 21.2. The zero-order valence-electron chi connectivity index (χ0n) is 25.7. The van der Waals surface area contributed by atoms with Gasteiger partial charge in [0, 0.05) is 32.8 Å². The van der Waals surface area contributed by atoms with Crippen LogP contribution >= 0.6 is 0 Å². The molecule has 13 heteroatoms. The highest BCUT2D eigenvalue weighted by atomic mass is 16.7. The van der Waals surface area contributed by atoms with E-state index in [0.717, 1.165) is 16.2 Å². The summed E-state index contributed by atoms with van der Waals surface area (Å²) >= 11 is 0. The minimum absolute atomic E-state index is 0.209. The van der Waals surface area contributed by atoms with Gasteiger partial charge in [0.15, 0.2) is 5.82 Å². The van der Waals surface area contributed by atoms with Crippen molar-refractivity contribution in [2.45, 2.75) is 64.3 Å². The molecule has 1 aliphatic heterocycles. The van der Waals surface area contributed by atoms with Crippen LogP contribution in [0.1, 0.15) is 32.3 Å². The summed E-state index contributed by atoms with van der Waals surface area (Å²) in [5.41, 5.74) is 2.85. The fraction of sp³-hybridized carbons (Fsp3) is 0.452. The first kappa shape index (κ1) is 32.7. The number of carbonyl (C=O) groups is 3. The fourth-order valence-electron chi connectivity index (χ4n) is 4.93. The molecule has 0 aliphatic carbocycles. The standard InChI is InChI=1S/C31H38N4O9/c1-7-42-27-26(40-5)20(3)43-30(28(27)41-6)44-31(38)35(24(36)16-17-25(37)39-4)23-14-10-21(11-15-23)29-32-18-34(33-29)22-12-8-19(2)9-13-22/h8-15,18,20,26-28,30H,7,16-17H2,1-6H3/t20-,26-,27+,28+,30-/m0/s1. The Morgan fingerprint density at radius 3 is 2.23 bits per heavy atom. The topological polar surface area (TPSA) is 141 Å². The van der Waals surface area contributed by atoms with Gasteiger partial charge in [-0.15, -0.1) is 5.10 Å². The Hall–Kier alpha value is -4.17. The average molecular weight is 611 g/mol. The second-order valence-electron chi connectivity index (χ2n) is 10.1. The largest absolute Gasteiger partial charge is 0.469 e. The van der Waals surface area contributed by atoms with Gasteiger partial charge >= 0.3 is 12.1 Å². The second kappa shape index (κ2) is 15.0. The minimum atomic E-state index is -1.21. The van der Waals surface area contributed by atoms with E-state index in [1.165, 1.54) is 21.3 Å². The molecule has 2 aromatic carbocycles. The number of anilines is 1. The van der Waals surface area contributed by atoms with Gasteiger partial charge in [-0.2, -0.15) is 0 Å². The van der Waals surface area contributed by atoms with E-state index >= 15 is 0 Å². The number of methoxy groups -OCH3 is 3. The van der Waals surface area contributed by atoms with Crippen LogP contribution in [0.2, 0.25) is 0 Å². The van der Waals surface area contributed by atoms with Gasteiger partial charge in [-0.1, -0.05) is 17.7 Å². The van der Waals surface area contributed by atoms with E-state index < -0.39 is 48.7 Å². The molecular weight excluding hydrogens is 572 g/mol. The molecule has 0 saturated carbocycles. The molecule has 236 valence electrons. The highest BCUT2D eigenvalue weighted by Gasteiger charge is 2.48. The number of hydrogen-bond acceptors (Lipinski definition) is 11. The SMILES string of the molecule is CCO[C@@H]1[C@@H](OC)[C@H](C)O[C@@H](OC(=O)N(C(=O)CCC(=O)OC)c2ccc(-c3ncn(-c4ccc(C)cc4)n3)cc2)[C@@H]1OC. The predicted molar refractivity (Wildman–Crippen MR) is 158 cm³/mol. The summed E-state index contributed by atoms with van der Waals surface area (Å²) in [7, 11) is 4.19. The Morgan fingerprint density at radius 2 is 1.61 bits per heavy atom. The molecular formula is C31H38N4O9. The molecule has 44 heavy (non-hydrogen) atoms. The van der Waals surface area contributed by atoms with Crippen molar-refractivity contribution in [3.8, 4) is 17.1 Å². The molecule has 1 aliphatic rings. The number of carbonyl (C=O) groups excluding carboxylic acids is 3. The maximum Gasteiger partial charge on any atom is 0.423 e. The highest BCUT2D eigenvalue weighted by molar-refractivity contribution is 6.12. The number of esters is 1. The molecule has 0 unspecified atom stereocenters. The number of aryl methyl sites for hydroxylation is 1. The van der Waals surface area contributed by atoms with Crippen LogP contribution in [-0.2, 0) is 38.0 Å². The summed E-state index contributed by atoms with van der Waals surface area (Å²) < 4.78 is 35.0. The maximum absolute atomic E-state index is 13.6. The van der Waals surface area contributed by atoms with E-state index in [0.29, 0.717) is 18.0 Å². The molecule has 3 aromatic rings. The number of imide groups is 1. The highest BCUT2D eigenvalue weighted by Crippen LogP contribution is 2.30. The summed E-state index contributed by atoms with van der Waals surface area (Å²) in [5.74, 6) is -0.819. The summed E-state index contributed by atoms with van der Waals surface area (Å²) in [5, 5.41) is 4.55. The molecule has 0 N–H and O–H groups in total. The van der Waals surface area contributed by atoms with Crippen LogP contribution in [0.25, 0.3) is 17.1 Å². The molecule has 0 radical (unpaired) electrons. The number of ether oxygens (including phenoxy) is 6. The van der Waals surface area contributed by atoms with Gasteiger partial charge in [-0.05, 0) is 57.2 Å². The average Bonchev–Trinajstić information content (AvgIpc) is 3.51. The number of amides is 2. The van der Waals surface area contributed by atoms with Crippen LogP contribution in [0.4, 0.5) is 10.5 Å². The predicted octanol–water partition coefficient (Wildman–Crippen LogP) is 3.85. The summed E-state index contributed by atoms with van der Waals surface area (Å²) in [6, 6.07) is 14.4. The number of rotatable bonds is 11. The normalized spacial score (nSPS) is 21.5. The van der Waals surface area contributed by atoms with Crippen LogP contribution in [0.3, 0.4) is 0 Å². The van der Waals surface area contributed by atoms with Crippen molar-refractivity contribution >= 4 is 23.7 Å². The molecule has 0 bridgehead atoms. The van der Waals surface area contributed by atoms with E-state index in [-0.39, 0.29) is 18.5 Å². The number of nitrogens with zero attached hydrogens (tertiary/aromatic N) is 4. The molecule has 0 spiro atoms. The van der Waals surface area contributed by atoms with Crippen molar-refractivity contribution in [3.05, 3.63) is 60.4 Å². The summed E-state index contributed by atoms with van der Waals surface area (Å²) in [6.07, 6.45) is -3.59. The quantitative estimate of drug-likeness (QED) is 0.292. The van der Waals surface area contributed by atoms with E-state index in [9.17, 15) is 14.4 Å². The van der Waals surface area contributed by atoms with E-state index in [1.807, 2.05) is 38.1 Å². The molecule has 1 saturated heterocycles. The Balaban J connectivity index is 1.58. The van der Waals surface area contributed by atoms with Crippen LogP contribution in [0, 0.1) is 6.92 Å². The van der Waals surface area contributed by atoms with Gasteiger partial charge in [-0.25, -0.2) is 19.4 Å². The van der Waals surface area contributed by atoms with Crippen molar-refractivity contribution in [1.29, 1.82) is 0 Å². The van der Waals surface area contributed by atoms with Crippen LogP contribution < -0.4 is 4.90 Å². The maximum atomic E-state index is 13.6. The lowest BCUT2D eigenvalue weighted by molar-refractivity contribution is -0.292. The van der Waals surface area contributed by atoms with Gasteiger partial charge in [0.05, 0.1) is 31.0 Å². The lowest BCUT2D eigenvalue weighted by atomic mass is 9.99. The third-order valence-corrected chi connectivity index (χ3v) is 7.22. The molecule has 13 nitrogen and oxygen atoms in total. The first-order valence-electron chi connectivity index (χ1n) is 14.2. The Kier molecular flexibility index (Phi) is 11.2. The number of benzene rings is 2. The molecule has 1 fully saturated rings. The van der Waals surface area contributed by atoms with Gasteiger partial charge in [-0.3, -0.25) is 9.59 Å². The minimum Gasteiger partial charge on any atom is -0.469 e. The molecule has 2 heterocycles. The Bertz CT molecular complexity index is 1410. The van der Waals surface area contributed by atoms with Gasteiger partial charge in [0.25, 0.3) is 0 Å². The number of aromatic nitrogens is 3. The molecule has 4 rings (SSSR count). The summed E-state index contributed by atoms with van der Waals surface area (Å²) in [6.45, 7) is 5.96. The van der Waals surface area contributed by atoms with Crippen LogP contribution in [0.5, 0.6) is 0 Å². The zero-order valence-corrected chi connectivity index (χ0v) is 25.7. The molecule has 1 aromatic heterocycles. The molecule has 2 amide bonds. The van der Waals surface area contributed by atoms with Crippen molar-refractivity contribution in [2.75, 3.05) is 32.8 Å². The number of hydrogen-bond donors (Lipinski definition) is 0. The smallest absolute Gasteiger partial charge is 0.423 e. The van der Waals surface area contributed by atoms with Crippen molar-refractivity contribution in [1.82, 2.24) is 14.8 Å². The second-order valence-corrected chi connectivity index (χ2v) is 10.1. The van der Waals surface area contributed by atoms with E-state index in [1.54, 1.807) is 42.2 Å². The third-order valence-electron chi connectivity index (χ3n) is 7.22. The van der Waals surface area contributed by atoms with Gasteiger partial charge in [0.1, 0.15) is 24.6 Å². The van der Waals surface area contributed by atoms with Gasteiger partial charge in [0.2, 0.25) is 12.2 Å². The lowest BCUT2D eigenvalue weighted by Gasteiger charge is -2.43. The van der Waals surface area contributed by atoms with Crippen molar-refractivity contribution < 1.29 is 42.8 Å². The zero-order chi connectivity index (χ0) is 31.8. The van der Waals surface area contributed by atoms with Crippen LogP contribution in [0.15, 0.2) is 54.9 Å².